The Balaban J connectivity index is 1.90. The van der Waals surface area contributed by atoms with Gasteiger partial charge >= 0.3 is 0 Å². The van der Waals surface area contributed by atoms with Gasteiger partial charge in [-0.2, -0.15) is 0 Å². The van der Waals surface area contributed by atoms with Gasteiger partial charge in [0.2, 0.25) is 0 Å². The van der Waals surface area contributed by atoms with E-state index in [1.165, 1.54) is 27.8 Å². The SMILES string of the molecule is Cc1ccccc1-c1ccc2c(c1)-c1ccccc1[N]2. The molecule has 0 aromatic heterocycles. The zero-order chi connectivity index (χ0) is 13.5. The van der Waals surface area contributed by atoms with E-state index in [0.717, 1.165) is 11.4 Å². The third kappa shape index (κ3) is 1.64. The number of para-hydroxylation sites is 1. The summed E-state index contributed by atoms with van der Waals surface area (Å²) in [7, 11) is 0. The fourth-order valence-corrected chi connectivity index (χ4v) is 2.84. The molecule has 1 aliphatic heterocycles. The van der Waals surface area contributed by atoms with Crippen molar-refractivity contribution in [3.63, 3.8) is 0 Å². The van der Waals surface area contributed by atoms with Crippen LogP contribution in [0.1, 0.15) is 5.56 Å². The summed E-state index contributed by atoms with van der Waals surface area (Å²) in [5.41, 5.74) is 8.47. The minimum atomic E-state index is 1.07. The monoisotopic (exact) mass is 256 g/mol. The lowest BCUT2D eigenvalue weighted by atomic mass is 9.96. The molecule has 20 heavy (non-hydrogen) atoms. The largest absolute Gasteiger partial charge is 0.248 e. The molecule has 0 atom stereocenters. The van der Waals surface area contributed by atoms with Crippen LogP contribution in [-0.2, 0) is 0 Å². The van der Waals surface area contributed by atoms with E-state index in [-0.39, 0.29) is 0 Å². The predicted molar refractivity (Wildman–Crippen MR) is 83.5 cm³/mol. The summed E-state index contributed by atoms with van der Waals surface area (Å²) in [5.74, 6) is 0. The molecule has 0 spiro atoms. The Morgan fingerprint density at radius 1 is 0.650 bits per heavy atom. The average Bonchev–Trinajstić information content (AvgIpc) is 2.85. The number of benzene rings is 3. The number of hydrogen-bond donors (Lipinski definition) is 0. The molecule has 3 aromatic carbocycles. The number of hydrogen-bond acceptors (Lipinski definition) is 0. The van der Waals surface area contributed by atoms with E-state index >= 15 is 0 Å². The zero-order valence-electron chi connectivity index (χ0n) is 11.3. The molecule has 0 saturated heterocycles. The molecule has 1 heterocycles. The van der Waals surface area contributed by atoms with E-state index in [4.69, 9.17) is 0 Å². The van der Waals surface area contributed by atoms with Crippen molar-refractivity contribution in [3.8, 4) is 22.3 Å². The highest BCUT2D eigenvalue weighted by atomic mass is 14.9. The van der Waals surface area contributed by atoms with Crippen molar-refractivity contribution in [1.82, 2.24) is 5.32 Å². The molecule has 0 bridgehead atoms. The molecule has 3 aromatic rings. The molecule has 95 valence electrons. The Bertz CT molecular complexity index is 802. The van der Waals surface area contributed by atoms with Gasteiger partial charge in [-0.3, -0.25) is 0 Å². The summed E-state index contributed by atoms with van der Waals surface area (Å²) in [6.45, 7) is 2.15. The fraction of sp³-hybridized carbons (Fsp3) is 0.0526. The van der Waals surface area contributed by atoms with Crippen LogP contribution in [0.3, 0.4) is 0 Å². The van der Waals surface area contributed by atoms with Gasteiger partial charge in [0, 0.05) is 11.1 Å². The summed E-state index contributed by atoms with van der Waals surface area (Å²) in [6, 6.07) is 23.4. The van der Waals surface area contributed by atoms with E-state index < -0.39 is 0 Å². The maximum absolute atomic E-state index is 4.67. The molecule has 0 unspecified atom stereocenters. The highest BCUT2D eigenvalue weighted by Gasteiger charge is 2.19. The van der Waals surface area contributed by atoms with Gasteiger partial charge in [-0.25, -0.2) is 5.32 Å². The number of fused-ring (bicyclic) bond motifs is 3. The van der Waals surface area contributed by atoms with Crippen LogP contribution < -0.4 is 5.32 Å². The summed E-state index contributed by atoms with van der Waals surface area (Å²) in [6.07, 6.45) is 0. The highest BCUT2D eigenvalue weighted by molar-refractivity contribution is 5.93. The standard InChI is InChI=1S/C19H14N/c1-13-6-2-3-7-15(13)14-10-11-19-17(12-14)16-8-4-5-9-18(16)20-19/h2-12H,1H3. The quantitative estimate of drug-likeness (QED) is 0.444. The summed E-state index contributed by atoms with van der Waals surface area (Å²) < 4.78 is 0. The van der Waals surface area contributed by atoms with Crippen molar-refractivity contribution in [2.24, 2.45) is 0 Å². The Labute approximate surface area is 118 Å². The van der Waals surface area contributed by atoms with Crippen molar-refractivity contribution in [2.45, 2.75) is 6.92 Å². The molecule has 1 aliphatic rings. The minimum Gasteiger partial charge on any atom is -0.248 e. The molecule has 1 heteroatoms. The molecule has 0 N–H and O–H groups in total. The van der Waals surface area contributed by atoms with Crippen molar-refractivity contribution >= 4 is 11.4 Å². The van der Waals surface area contributed by atoms with Crippen molar-refractivity contribution < 1.29 is 0 Å². The lowest BCUT2D eigenvalue weighted by Gasteiger charge is -2.07. The second-order valence-corrected chi connectivity index (χ2v) is 5.18. The smallest absolute Gasteiger partial charge is 0.0716 e. The van der Waals surface area contributed by atoms with Gasteiger partial charge in [0.05, 0.1) is 11.4 Å². The van der Waals surface area contributed by atoms with E-state index in [2.05, 4.69) is 72.9 Å². The molecular formula is C19H14N. The van der Waals surface area contributed by atoms with Crippen molar-refractivity contribution in [1.29, 1.82) is 0 Å². The van der Waals surface area contributed by atoms with E-state index in [9.17, 15) is 0 Å². The predicted octanol–water partition coefficient (Wildman–Crippen LogP) is 5.21. The highest BCUT2D eigenvalue weighted by Crippen LogP contribution is 2.44. The summed E-state index contributed by atoms with van der Waals surface area (Å²) >= 11 is 0. The topological polar surface area (TPSA) is 14.1 Å². The van der Waals surface area contributed by atoms with Crippen LogP contribution in [0, 0.1) is 6.92 Å². The third-order valence-electron chi connectivity index (χ3n) is 3.89. The van der Waals surface area contributed by atoms with Gasteiger partial charge in [0.25, 0.3) is 0 Å². The second kappa shape index (κ2) is 4.24. The number of nitrogens with zero attached hydrogens (tertiary/aromatic N) is 1. The maximum atomic E-state index is 4.67. The molecular weight excluding hydrogens is 242 g/mol. The normalized spacial score (nSPS) is 11.7. The fourth-order valence-electron chi connectivity index (χ4n) is 2.84. The Morgan fingerprint density at radius 3 is 2.20 bits per heavy atom. The summed E-state index contributed by atoms with van der Waals surface area (Å²) in [5, 5.41) is 4.67. The Kier molecular flexibility index (Phi) is 2.40. The zero-order valence-corrected chi connectivity index (χ0v) is 11.3. The molecule has 1 radical (unpaired) electrons. The number of aryl methyl sites for hydroxylation is 1. The molecule has 0 saturated carbocycles. The van der Waals surface area contributed by atoms with Crippen LogP contribution in [-0.4, -0.2) is 0 Å². The number of rotatable bonds is 1. The Morgan fingerprint density at radius 2 is 1.35 bits per heavy atom. The van der Waals surface area contributed by atoms with Gasteiger partial charge in [-0.05, 0) is 41.8 Å². The molecule has 0 fully saturated rings. The lowest BCUT2D eigenvalue weighted by molar-refractivity contribution is 1.24. The van der Waals surface area contributed by atoms with Gasteiger partial charge in [0.1, 0.15) is 0 Å². The van der Waals surface area contributed by atoms with E-state index in [0.29, 0.717) is 0 Å². The van der Waals surface area contributed by atoms with Gasteiger partial charge in [-0.1, -0.05) is 48.5 Å². The van der Waals surface area contributed by atoms with Crippen LogP contribution in [0.15, 0.2) is 66.7 Å². The summed E-state index contributed by atoms with van der Waals surface area (Å²) in [4.78, 5) is 0. The first-order valence-corrected chi connectivity index (χ1v) is 6.84. The lowest BCUT2D eigenvalue weighted by Crippen LogP contribution is -1.84. The third-order valence-corrected chi connectivity index (χ3v) is 3.89. The first-order valence-electron chi connectivity index (χ1n) is 6.84. The molecule has 1 nitrogen and oxygen atoms in total. The van der Waals surface area contributed by atoms with Gasteiger partial charge in [-0.15, -0.1) is 0 Å². The Hall–Kier alpha value is -2.54. The van der Waals surface area contributed by atoms with Gasteiger partial charge < -0.3 is 0 Å². The van der Waals surface area contributed by atoms with Crippen LogP contribution in [0.25, 0.3) is 22.3 Å². The molecule has 0 aliphatic carbocycles. The van der Waals surface area contributed by atoms with Gasteiger partial charge in [0.15, 0.2) is 0 Å². The van der Waals surface area contributed by atoms with Crippen molar-refractivity contribution in [2.75, 3.05) is 0 Å². The van der Waals surface area contributed by atoms with Crippen LogP contribution in [0.5, 0.6) is 0 Å². The molecule has 4 rings (SSSR count). The minimum absolute atomic E-state index is 1.07. The first kappa shape index (κ1) is 11.3. The van der Waals surface area contributed by atoms with E-state index in [1.54, 1.807) is 0 Å². The van der Waals surface area contributed by atoms with Crippen LogP contribution in [0.4, 0.5) is 11.4 Å². The molecule has 0 amide bonds. The van der Waals surface area contributed by atoms with Crippen molar-refractivity contribution in [3.05, 3.63) is 72.3 Å². The first-order chi connectivity index (χ1) is 9.83. The second-order valence-electron chi connectivity index (χ2n) is 5.18. The van der Waals surface area contributed by atoms with Crippen LogP contribution in [0.2, 0.25) is 0 Å². The van der Waals surface area contributed by atoms with Crippen LogP contribution >= 0.6 is 0 Å². The maximum Gasteiger partial charge on any atom is 0.0716 e. The average molecular weight is 256 g/mol. The van der Waals surface area contributed by atoms with E-state index in [1.807, 2.05) is 6.07 Å².